The number of benzene rings is 1. The van der Waals surface area contributed by atoms with E-state index in [0.717, 1.165) is 25.2 Å². The minimum atomic E-state index is -3.54. The third-order valence-corrected chi connectivity index (χ3v) is 7.29. The lowest BCUT2D eigenvalue weighted by Crippen LogP contribution is -2.46. The number of hydrogen-bond acceptors (Lipinski definition) is 8. The molecule has 1 aliphatic carbocycles. The summed E-state index contributed by atoms with van der Waals surface area (Å²) in [5.74, 6) is -0.908. The number of rotatable bonds is 10. The fourth-order valence-corrected chi connectivity index (χ4v) is 5.15. The first-order valence-corrected chi connectivity index (χ1v) is 13.6. The number of piperidine rings is 1. The van der Waals surface area contributed by atoms with E-state index in [9.17, 15) is 28.0 Å². The van der Waals surface area contributed by atoms with Crippen LogP contribution in [0, 0.1) is 23.1 Å². The second-order valence-electron chi connectivity index (χ2n) is 9.68. The first-order valence-electron chi connectivity index (χ1n) is 11.7. The predicted octanol–water partition coefficient (Wildman–Crippen LogP) is 1.54. The number of nitriles is 1. The van der Waals surface area contributed by atoms with Crippen LogP contribution in [0.25, 0.3) is 0 Å². The molecule has 2 heterocycles. The van der Waals surface area contributed by atoms with Crippen LogP contribution in [0.15, 0.2) is 24.4 Å². The van der Waals surface area contributed by atoms with Crippen LogP contribution in [0.5, 0.6) is 0 Å². The van der Waals surface area contributed by atoms with Crippen LogP contribution in [0.3, 0.4) is 0 Å². The van der Waals surface area contributed by atoms with Crippen molar-refractivity contribution < 1.29 is 22.7 Å². The van der Waals surface area contributed by atoms with Crippen molar-refractivity contribution in [2.75, 3.05) is 29.4 Å². The lowest BCUT2D eigenvalue weighted by Gasteiger charge is -2.40. The molecule has 1 saturated heterocycles. The number of carbonyl (C=O) groups excluding carboxylic acids is 1. The number of amides is 1. The first kappa shape index (κ1) is 25.9. The summed E-state index contributed by atoms with van der Waals surface area (Å²) in [5.41, 5.74) is 5.80. The van der Waals surface area contributed by atoms with Crippen LogP contribution < -0.4 is 15.8 Å². The third kappa shape index (κ3) is 6.13. The number of primary amides is 1. The van der Waals surface area contributed by atoms with Crippen LogP contribution in [-0.2, 0) is 22.1 Å². The van der Waals surface area contributed by atoms with E-state index in [1.165, 1.54) is 12.3 Å². The second-order valence-corrected chi connectivity index (χ2v) is 11.4. The fourth-order valence-electron chi connectivity index (χ4n) is 4.61. The first-order chi connectivity index (χ1) is 17.0. The van der Waals surface area contributed by atoms with Crippen molar-refractivity contribution in [2.24, 2.45) is 11.7 Å². The molecule has 36 heavy (non-hydrogen) atoms. The Kier molecular flexibility index (Phi) is 7.21. The molecule has 2 aromatic rings. The SMILES string of the molecule is CS(=O)(=O)Nc1cc(F)cc(CN2CCC(CC#N)(n3cc(C(N)=O)c(NC(O)C4CC4)n3)CC2)c1. The number of carbonyl (C=O) groups is 1. The monoisotopic (exact) mass is 519 g/mol. The van der Waals surface area contributed by atoms with Crippen molar-refractivity contribution in [3.8, 4) is 6.07 Å². The Hall–Kier alpha value is -3.21. The number of aliphatic hydroxyl groups excluding tert-OH is 1. The number of aliphatic hydroxyl groups is 1. The molecule has 1 saturated carbocycles. The molecule has 1 amide bonds. The number of aromatic nitrogens is 2. The zero-order chi connectivity index (χ0) is 26.1. The Bertz CT molecular complexity index is 1280. The maximum Gasteiger partial charge on any atom is 0.254 e. The Morgan fingerprint density at radius 1 is 1.36 bits per heavy atom. The van der Waals surface area contributed by atoms with Gasteiger partial charge in [-0.2, -0.15) is 10.4 Å². The normalized spacial score (nSPS) is 18.8. The minimum Gasteiger partial charge on any atom is -0.373 e. The fraction of sp³-hybridized carbons (Fsp3) is 0.522. The summed E-state index contributed by atoms with van der Waals surface area (Å²) in [6.45, 7) is 1.52. The molecule has 1 unspecified atom stereocenters. The average Bonchev–Trinajstić information content (AvgIpc) is 3.54. The van der Waals surface area contributed by atoms with E-state index >= 15 is 0 Å². The van der Waals surface area contributed by atoms with Gasteiger partial charge in [-0.1, -0.05) is 0 Å². The van der Waals surface area contributed by atoms with Crippen molar-refractivity contribution in [3.63, 3.8) is 0 Å². The van der Waals surface area contributed by atoms with Gasteiger partial charge in [-0.3, -0.25) is 19.1 Å². The van der Waals surface area contributed by atoms with E-state index in [4.69, 9.17) is 5.73 Å². The van der Waals surface area contributed by atoms with Gasteiger partial charge in [-0.15, -0.1) is 0 Å². The molecule has 0 radical (unpaired) electrons. The van der Waals surface area contributed by atoms with E-state index in [0.29, 0.717) is 38.0 Å². The zero-order valence-corrected chi connectivity index (χ0v) is 20.8. The van der Waals surface area contributed by atoms with Crippen LogP contribution in [-0.4, -0.2) is 59.7 Å². The van der Waals surface area contributed by atoms with E-state index < -0.39 is 33.5 Å². The molecule has 1 aliphatic heterocycles. The van der Waals surface area contributed by atoms with Gasteiger partial charge in [0.1, 0.15) is 17.6 Å². The van der Waals surface area contributed by atoms with Gasteiger partial charge in [0.05, 0.1) is 30.0 Å². The summed E-state index contributed by atoms with van der Waals surface area (Å²) < 4.78 is 41.0. The van der Waals surface area contributed by atoms with Crippen LogP contribution in [0.4, 0.5) is 15.9 Å². The number of anilines is 2. The number of nitrogens with one attached hydrogen (secondary N) is 2. The van der Waals surface area contributed by atoms with Gasteiger partial charge in [0.25, 0.3) is 5.91 Å². The highest BCUT2D eigenvalue weighted by Crippen LogP contribution is 2.36. The smallest absolute Gasteiger partial charge is 0.254 e. The van der Waals surface area contributed by atoms with Gasteiger partial charge in [-0.05, 0) is 49.4 Å². The number of hydrogen-bond donors (Lipinski definition) is 4. The van der Waals surface area contributed by atoms with Gasteiger partial charge in [0.15, 0.2) is 5.82 Å². The molecular weight excluding hydrogens is 489 g/mol. The molecular formula is C23H30FN7O4S. The summed E-state index contributed by atoms with van der Waals surface area (Å²) in [5, 5.41) is 27.2. The summed E-state index contributed by atoms with van der Waals surface area (Å²) in [6.07, 6.45) is 4.74. The lowest BCUT2D eigenvalue weighted by molar-refractivity contribution is 0.0966. The van der Waals surface area contributed by atoms with Gasteiger partial charge in [0, 0.05) is 31.7 Å². The minimum absolute atomic E-state index is 0.114. The van der Waals surface area contributed by atoms with Gasteiger partial charge in [-0.25, -0.2) is 12.8 Å². The van der Waals surface area contributed by atoms with Gasteiger partial charge >= 0.3 is 0 Å². The molecule has 194 valence electrons. The number of likely N-dealkylation sites (tertiary alicyclic amines) is 1. The largest absolute Gasteiger partial charge is 0.373 e. The molecule has 1 aromatic heterocycles. The van der Waals surface area contributed by atoms with Crippen molar-refractivity contribution in [1.82, 2.24) is 14.7 Å². The quantitative estimate of drug-likeness (QED) is 0.343. The number of nitrogens with zero attached hydrogens (tertiary/aromatic N) is 4. The van der Waals surface area contributed by atoms with Crippen molar-refractivity contribution in [3.05, 3.63) is 41.3 Å². The topological polar surface area (TPSA) is 166 Å². The number of nitrogens with two attached hydrogens (primary N) is 1. The van der Waals surface area contributed by atoms with Crippen molar-refractivity contribution in [2.45, 2.75) is 50.4 Å². The van der Waals surface area contributed by atoms with E-state index in [-0.39, 0.29) is 29.4 Å². The number of sulfonamides is 1. The predicted molar refractivity (Wildman–Crippen MR) is 131 cm³/mol. The molecule has 13 heteroatoms. The Balaban J connectivity index is 1.50. The molecule has 5 N–H and O–H groups in total. The summed E-state index contributed by atoms with van der Waals surface area (Å²) in [4.78, 5) is 14.1. The Labute approximate surface area is 209 Å². The van der Waals surface area contributed by atoms with Crippen LogP contribution in [0.1, 0.15) is 48.0 Å². The van der Waals surface area contributed by atoms with Crippen molar-refractivity contribution in [1.29, 1.82) is 5.26 Å². The van der Waals surface area contributed by atoms with Crippen LogP contribution in [0.2, 0.25) is 0 Å². The summed E-state index contributed by atoms with van der Waals surface area (Å²) in [7, 11) is -3.54. The van der Waals surface area contributed by atoms with Crippen molar-refractivity contribution >= 4 is 27.4 Å². The molecule has 1 atom stereocenters. The molecule has 2 aliphatic rings. The van der Waals surface area contributed by atoms with Gasteiger partial charge < -0.3 is 16.2 Å². The summed E-state index contributed by atoms with van der Waals surface area (Å²) in [6, 6.07) is 6.30. The molecule has 2 fully saturated rings. The molecule has 0 bridgehead atoms. The maximum atomic E-state index is 14.1. The van der Waals surface area contributed by atoms with E-state index in [1.54, 1.807) is 10.7 Å². The number of halogens is 1. The molecule has 1 aromatic carbocycles. The third-order valence-electron chi connectivity index (χ3n) is 6.68. The standard InChI is InChI=1S/C23H30FN7O4S/c1-36(34,35)29-18-11-15(10-17(24)12-18)13-30-8-5-23(4-7-25,6-9-30)31-14-19(20(26)32)21(28-31)27-22(33)16-2-3-16/h10-12,14,16,22,29,33H,2-6,8-9,13H2,1H3,(H2,26,32)(H,27,28). The molecule has 4 rings (SSSR count). The highest BCUT2D eigenvalue weighted by Gasteiger charge is 2.39. The van der Waals surface area contributed by atoms with Crippen LogP contribution >= 0.6 is 0 Å². The highest BCUT2D eigenvalue weighted by molar-refractivity contribution is 7.92. The van der Waals surface area contributed by atoms with Gasteiger partial charge in [0.2, 0.25) is 10.0 Å². The summed E-state index contributed by atoms with van der Waals surface area (Å²) >= 11 is 0. The molecule has 0 spiro atoms. The maximum absolute atomic E-state index is 14.1. The second kappa shape index (κ2) is 10.0. The average molecular weight is 520 g/mol. The lowest BCUT2D eigenvalue weighted by atomic mass is 9.84. The Morgan fingerprint density at radius 2 is 2.06 bits per heavy atom. The van der Waals surface area contributed by atoms with E-state index in [1.807, 2.05) is 0 Å². The zero-order valence-electron chi connectivity index (χ0n) is 19.9. The molecule has 11 nitrogen and oxygen atoms in total. The Morgan fingerprint density at radius 3 is 2.64 bits per heavy atom. The van der Waals surface area contributed by atoms with E-state index in [2.05, 4.69) is 26.1 Å². The highest BCUT2D eigenvalue weighted by atomic mass is 32.2.